The molecule has 0 radical (unpaired) electrons. The van der Waals surface area contributed by atoms with Gasteiger partial charge in [-0.05, 0) is 6.07 Å². The Morgan fingerprint density at radius 1 is 1.67 bits per heavy atom. The normalized spacial score (nSPS) is 10.3. The molecular formula is C6H8N4O2. The molecule has 0 aliphatic rings. The molecule has 6 nitrogen and oxygen atoms in total. The third kappa shape index (κ3) is 2.33. The predicted molar refractivity (Wildman–Crippen MR) is 43.4 cm³/mol. The van der Waals surface area contributed by atoms with Crippen molar-refractivity contribution in [2.75, 3.05) is 5.73 Å². The third-order valence-electron chi connectivity index (χ3n) is 1.01. The van der Waals surface area contributed by atoms with E-state index in [-0.39, 0.29) is 5.88 Å². The number of anilines is 1. The van der Waals surface area contributed by atoms with Crippen molar-refractivity contribution < 1.29 is 9.21 Å². The predicted octanol–water partition coefficient (Wildman–Crippen LogP) is -0.136. The Morgan fingerprint density at radius 2 is 2.42 bits per heavy atom. The molecule has 2 amide bonds. The molecule has 0 aliphatic heterocycles. The van der Waals surface area contributed by atoms with Gasteiger partial charge in [-0.2, -0.15) is 5.10 Å². The molecule has 0 saturated heterocycles. The lowest BCUT2D eigenvalue weighted by Gasteiger charge is -1.88. The zero-order valence-corrected chi connectivity index (χ0v) is 6.15. The first-order valence-corrected chi connectivity index (χ1v) is 3.12. The maximum absolute atomic E-state index is 10.1. The van der Waals surface area contributed by atoms with Crippen LogP contribution in [0.1, 0.15) is 5.76 Å². The highest BCUT2D eigenvalue weighted by Gasteiger charge is 1.93. The fourth-order valence-corrected chi connectivity index (χ4v) is 0.597. The number of nitrogens with one attached hydrogen (secondary N) is 1. The molecule has 1 rings (SSSR count). The van der Waals surface area contributed by atoms with Crippen LogP contribution in [-0.2, 0) is 0 Å². The molecule has 6 heteroatoms. The van der Waals surface area contributed by atoms with E-state index in [1.54, 1.807) is 12.1 Å². The first kappa shape index (κ1) is 8.12. The number of furan rings is 1. The van der Waals surface area contributed by atoms with Crippen LogP contribution in [0, 0.1) is 0 Å². The molecule has 0 unspecified atom stereocenters. The Balaban J connectivity index is 2.52. The van der Waals surface area contributed by atoms with Crippen molar-refractivity contribution in [1.82, 2.24) is 5.43 Å². The van der Waals surface area contributed by atoms with Crippen LogP contribution in [0.3, 0.4) is 0 Å². The number of primary amides is 1. The SMILES string of the molecule is NC(=O)N/N=C\c1ccc(N)o1. The number of urea groups is 1. The van der Waals surface area contributed by atoms with Crippen LogP contribution in [0.5, 0.6) is 0 Å². The van der Waals surface area contributed by atoms with E-state index in [9.17, 15) is 4.79 Å². The van der Waals surface area contributed by atoms with Gasteiger partial charge in [0.15, 0.2) is 5.88 Å². The van der Waals surface area contributed by atoms with Crippen molar-refractivity contribution in [1.29, 1.82) is 0 Å². The summed E-state index contributed by atoms with van der Waals surface area (Å²) in [5.74, 6) is 0.733. The number of amides is 2. The Bertz CT molecular complexity index is 304. The number of nitrogens with zero attached hydrogens (tertiary/aromatic N) is 1. The lowest BCUT2D eigenvalue weighted by atomic mass is 10.5. The number of carbonyl (C=O) groups is 1. The van der Waals surface area contributed by atoms with Crippen molar-refractivity contribution in [3.8, 4) is 0 Å². The number of rotatable bonds is 2. The molecule has 0 atom stereocenters. The van der Waals surface area contributed by atoms with Gasteiger partial charge in [0.1, 0.15) is 5.76 Å². The zero-order chi connectivity index (χ0) is 8.97. The van der Waals surface area contributed by atoms with Gasteiger partial charge in [-0.25, -0.2) is 10.2 Å². The van der Waals surface area contributed by atoms with Crippen molar-refractivity contribution in [3.63, 3.8) is 0 Å². The highest BCUT2D eigenvalue weighted by Crippen LogP contribution is 2.05. The summed E-state index contributed by atoms with van der Waals surface area (Å²) >= 11 is 0. The largest absolute Gasteiger partial charge is 0.440 e. The number of nitrogen functional groups attached to an aromatic ring is 1. The minimum atomic E-state index is -0.731. The molecule has 0 aliphatic carbocycles. The van der Waals surface area contributed by atoms with Crippen molar-refractivity contribution >= 4 is 18.1 Å². The van der Waals surface area contributed by atoms with Gasteiger partial charge < -0.3 is 15.9 Å². The Hall–Kier alpha value is -1.98. The first-order valence-electron chi connectivity index (χ1n) is 3.12. The van der Waals surface area contributed by atoms with Gasteiger partial charge in [-0.3, -0.25) is 0 Å². The van der Waals surface area contributed by atoms with E-state index >= 15 is 0 Å². The summed E-state index contributed by atoms with van der Waals surface area (Å²) in [6.07, 6.45) is 1.29. The van der Waals surface area contributed by atoms with Crippen LogP contribution in [0.4, 0.5) is 10.7 Å². The van der Waals surface area contributed by atoms with E-state index < -0.39 is 6.03 Å². The molecule has 12 heavy (non-hydrogen) atoms. The van der Waals surface area contributed by atoms with Gasteiger partial charge in [0.25, 0.3) is 0 Å². The van der Waals surface area contributed by atoms with Gasteiger partial charge in [0.2, 0.25) is 0 Å². The van der Waals surface area contributed by atoms with E-state index in [1.165, 1.54) is 6.21 Å². The summed E-state index contributed by atoms with van der Waals surface area (Å²) in [5, 5.41) is 3.46. The molecule has 1 heterocycles. The van der Waals surface area contributed by atoms with Crippen LogP contribution < -0.4 is 16.9 Å². The molecule has 0 fully saturated rings. The fraction of sp³-hybridized carbons (Fsp3) is 0. The molecule has 64 valence electrons. The minimum Gasteiger partial charge on any atom is -0.440 e. The van der Waals surface area contributed by atoms with Crippen LogP contribution in [-0.4, -0.2) is 12.2 Å². The molecule has 0 saturated carbocycles. The molecule has 1 aromatic rings. The first-order chi connectivity index (χ1) is 5.68. The van der Waals surface area contributed by atoms with Crippen LogP contribution in [0.25, 0.3) is 0 Å². The van der Waals surface area contributed by atoms with Gasteiger partial charge in [-0.15, -0.1) is 0 Å². The monoisotopic (exact) mass is 168 g/mol. The summed E-state index contributed by atoms with van der Waals surface area (Å²) < 4.78 is 4.90. The van der Waals surface area contributed by atoms with E-state index in [2.05, 4.69) is 5.10 Å². The Labute approximate surface area is 68.2 Å². The maximum atomic E-state index is 10.1. The van der Waals surface area contributed by atoms with Crippen molar-refractivity contribution in [3.05, 3.63) is 17.9 Å². The van der Waals surface area contributed by atoms with E-state index in [4.69, 9.17) is 15.9 Å². The number of hydrogen-bond donors (Lipinski definition) is 3. The molecule has 0 spiro atoms. The van der Waals surface area contributed by atoms with Crippen LogP contribution in [0.15, 0.2) is 21.7 Å². The second-order valence-corrected chi connectivity index (χ2v) is 1.97. The van der Waals surface area contributed by atoms with E-state index in [0.717, 1.165) is 0 Å². The summed E-state index contributed by atoms with van der Waals surface area (Å²) in [6, 6.07) is 2.46. The summed E-state index contributed by atoms with van der Waals surface area (Å²) in [6.45, 7) is 0. The second kappa shape index (κ2) is 3.42. The second-order valence-electron chi connectivity index (χ2n) is 1.97. The standard InChI is InChI=1S/C6H8N4O2/c7-5-2-1-4(12-5)3-9-10-6(8)11/h1-3H,7H2,(H3,8,10,11)/b9-3-. The fourth-order valence-electron chi connectivity index (χ4n) is 0.597. The number of nitrogens with two attached hydrogens (primary N) is 2. The summed E-state index contributed by atoms with van der Waals surface area (Å²) in [5.41, 5.74) is 12.0. The highest BCUT2D eigenvalue weighted by molar-refractivity contribution is 5.79. The van der Waals surface area contributed by atoms with Crippen LogP contribution in [0.2, 0.25) is 0 Å². The van der Waals surface area contributed by atoms with E-state index in [1.807, 2.05) is 5.43 Å². The smallest absolute Gasteiger partial charge is 0.332 e. The minimum absolute atomic E-state index is 0.288. The number of carbonyl (C=O) groups excluding carboxylic acids is 1. The van der Waals surface area contributed by atoms with Gasteiger partial charge in [-0.1, -0.05) is 0 Å². The molecule has 0 bridgehead atoms. The maximum Gasteiger partial charge on any atom is 0.332 e. The topological polar surface area (TPSA) is 107 Å². The summed E-state index contributed by atoms with van der Waals surface area (Å²) in [7, 11) is 0. The van der Waals surface area contributed by atoms with Crippen molar-refractivity contribution in [2.45, 2.75) is 0 Å². The van der Waals surface area contributed by atoms with Gasteiger partial charge >= 0.3 is 6.03 Å². The number of hydrazone groups is 1. The molecule has 1 aromatic heterocycles. The third-order valence-corrected chi connectivity index (χ3v) is 1.01. The Kier molecular flexibility index (Phi) is 2.32. The zero-order valence-electron chi connectivity index (χ0n) is 6.15. The lowest BCUT2D eigenvalue weighted by Crippen LogP contribution is -2.24. The van der Waals surface area contributed by atoms with Crippen molar-refractivity contribution in [2.24, 2.45) is 10.8 Å². The van der Waals surface area contributed by atoms with Gasteiger partial charge in [0.05, 0.1) is 6.21 Å². The quantitative estimate of drug-likeness (QED) is 0.422. The van der Waals surface area contributed by atoms with Crippen LogP contribution >= 0.6 is 0 Å². The Morgan fingerprint density at radius 3 is 2.92 bits per heavy atom. The molecule has 0 aromatic carbocycles. The lowest BCUT2D eigenvalue weighted by molar-refractivity contribution is 0.249. The van der Waals surface area contributed by atoms with E-state index in [0.29, 0.717) is 5.76 Å². The van der Waals surface area contributed by atoms with Gasteiger partial charge in [0, 0.05) is 6.07 Å². The summed E-state index contributed by atoms with van der Waals surface area (Å²) in [4.78, 5) is 10.1. The molecule has 5 N–H and O–H groups in total. The average Bonchev–Trinajstić information content (AvgIpc) is 2.35. The number of hydrogen-bond acceptors (Lipinski definition) is 4. The molecular weight excluding hydrogens is 160 g/mol. The highest BCUT2D eigenvalue weighted by atomic mass is 16.3. The average molecular weight is 168 g/mol.